The number of aryl methyl sites for hydroxylation is 2. The fourth-order valence-electron chi connectivity index (χ4n) is 2.20. The summed E-state index contributed by atoms with van der Waals surface area (Å²) in [6.07, 6.45) is 5.21. The van der Waals surface area contributed by atoms with Gasteiger partial charge in [-0.3, -0.25) is 0 Å². The van der Waals surface area contributed by atoms with Crippen LogP contribution in [0.3, 0.4) is 0 Å². The van der Waals surface area contributed by atoms with Crippen LogP contribution in [0.2, 0.25) is 0 Å². The van der Waals surface area contributed by atoms with Gasteiger partial charge in [0.2, 0.25) is 0 Å². The van der Waals surface area contributed by atoms with E-state index in [0.29, 0.717) is 6.04 Å². The second-order valence-electron chi connectivity index (χ2n) is 4.92. The van der Waals surface area contributed by atoms with Crippen molar-refractivity contribution < 1.29 is 4.42 Å². The normalized spacial score (nSPS) is 12.8. The molecular formula is C16H23NOS. The highest BCUT2D eigenvalue weighted by Crippen LogP contribution is 2.25. The molecule has 0 saturated heterocycles. The van der Waals surface area contributed by atoms with Gasteiger partial charge < -0.3 is 9.73 Å². The van der Waals surface area contributed by atoms with Gasteiger partial charge in [-0.1, -0.05) is 13.8 Å². The van der Waals surface area contributed by atoms with Gasteiger partial charge in [0, 0.05) is 27.8 Å². The topological polar surface area (TPSA) is 25.2 Å². The molecule has 2 aromatic rings. The number of nitrogens with one attached hydrogen (secondary N) is 1. The van der Waals surface area contributed by atoms with Crippen molar-refractivity contribution in [2.24, 2.45) is 0 Å². The molecule has 2 rings (SSSR count). The maximum absolute atomic E-state index is 5.45. The van der Waals surface area contributed by atoms with Crippen molar-refractivity contribution in [2.45, 2.75) is 46.1 Å². The van der Waals surface area contributed by atoms with E-state index in [1.54, 1.807) is 0 Å². The molecule has 2 nitrogen and oxygen atoms in total. The Kier molecular flexibility index (Phi) is 5.23. The summed E-state index contributed by atoms with van der Waals surface area (Å²) < 4.78 is 5.45. The Hall–Kier alpha value is -1.06. The van der Waals surface area contributed by atoms with Gasteiger partial charge in [-0.15, -0.1) is 11.3 Å². The first kappa shape index (κ1) is 14.4. The lowest BCUT2D eigenvalue weighted by Crippen LogP contribution is -2.23. The predicted molar refractivity (Wildman–Crippen MR) is 81.9 cm³/mol. The van der Waals surface area contributed by atoms with Gasteiger partial charge in [0.05, 0.1) is 6.26 Å². The van der Waals surface area contributed by atoms with E-state index < -0.39 is 0 Å². The third-order valence-corrected chi connectivity index (χ3v) is 4.52. The molecule has 0 radical (unpaired) electrons. The van der Waals surface area contributed by atoms with E-state index in [9.17, 15) is 0 Å². The molecule has 3 heteroatoms. The second kappa shape index (κ2) is 6.92. The zero-order valence-corrected chi connectivity index (χ0v) is 12.8. The highest BCUT2D eigenvalue weighted by Gasteiger charge is 2.14. The zero-order chi connectivity index (χ0) is 13.7. The van der Waals surface area contributed by atoms with Crippen LogP contribution in [-0.2, 0) is 12.8 Å². The number of thiophene rings is 1. The summed E-state index contributed by atoms with van der Waals surface area (Å²) in [5.41, 5.74) is 1.26. The summed E-state index contributed by atoms with van der Waals surface area (Å²) in [6.45, 7) is 7.45. The van der Waals surface area contributed by atoms with Gasteiger partial charge in [-0.05, 0) is 44.5 Å². The van der Waals surface area contributed by atoms with Crippen molar-refractivity contribution in [3.8, 4) is 0 Å². The molecule has 0 aliphatic heterocycles. The van der Waals surface area contributed by atoms with Gasteiger partial charge in [0.15, 0.2) is 0 Å². The first-order chi connectivity index (χ1) is 9.22. The summed E-state index contributed by atoms with van der Waals surface area (Å²) in [5, 5.41) is 3.62. The highest BCUT2D eigenvalue weighted by atomic mass is 32.1. The summed E-state index contributed by atoms with van der Waals surface area (Å²) in [7, 11) is 0. The molecule has 1 N–H and O–H groups in total. The lowest BCUT2D eigenvalue weighted by atomic mass is 10.1. The van der Waals surface area contributed by atoms with E-state index in [-0.39, 0.29) is 0 Å². The van der Waals surface area contributed by atoms with E-state index in [0.717, 1.165) is 31.6 Å². The quantitative estimate of drug-likeness (QED) is 0.806. The van der Waals surface area contributed by atoms with Crippen molar-refractivity contribution in [1.82, 2.24) is 5.32 Å². The first-order valence-electron chi connectivity index (χ1n) is 7.09. The summed E-state index contributed by atoms with van der Waals surface area (Å²) >= 11 is 1.93. The molecule has 0 saturated carbocycles. The molecule has 19 heavy (non-hydrogen) atoms. The van der Waals surface area contributed by atoms with Crippen molar-refractivity contribution in [2.75, 3.05) is 6.54 Å². The fourth-order valence-corrected chi connectivity index (χ4v) is 3.20. The number of rotatable bonds is 7. The van der Waals surface area contributed by atoms with Gasteiger partial charge in [-0.2, -0.15) is 0 Å². The molecule has 0 spiro atoms. The lowest BCUT2D eigenvalue weighted by Gasteiger charge is -2.16. The molecular weight excluding hydrogens is 254 g/mol. The van der Waals surface area contributed by atoms with Crippen LogP contribution in [0.5, 0.6) is 0 Å². The van der Waals surface area contributed by atoms with Crippen LogP contribution >= 0.6 is 11.3 Å². The molecule has 0 fully saturated rings. The Morgan fingerprint density at radius 2 is 2.05 bits per heavy atom. The molecule has 2 aromatic heterocycles. The Bertz CT molecular complexity index is 500. The van der Waals surface area contributed by atoms with Crippen LogP contribution in [0, 0.1) is 6.92 Å². The predicted octanol–water partition coefficient (Wildman–Crippen LogP) is 4.50. The maximum atomic E-state index is 5.45. The monoisotopic (exact) mass is 277 g/mol. The van der Waals surface area contributed by atoms with E-state index in [4.69, 9.17) is 4.42 Å². The van der Waals surface area contributed by atoms with Crippen LogP contribution < -0.4 is 5.32 Å². The molecule has 2 heterocycles. The van der Waals surface area contributed by atoms with Crippen LogP contribution in [-0.4, -0.2) is 6.54 Å². The van der Waals surface area contributed by atoms with E-state index in [2.05, 4.69) is 37.4 Å². The Balaban J connectivity index is 2.09. The van der Waals surface area contributed by atoms with Crippen molar-refractivity contribution >= 4 is 11.3 Å². The first-order valence-corrected chi connectivity index (χ1v) is 7.90. The minimum atomic E-state index is 0.362. The smallest absolute Gasteiger partial charge is 0.101 e. The van der Waals surface area contributed by atoms with Gasteiger partial charge in [0.1, 0.15) is 5.76 Å². The maximum Gasteiger partial charge on any atom is 0.101 e. The average Bonchev–Trinajstić information content (AvgIpc) is 3.03. The van der Waals surface area contributed by atoms with Crippen molar-refractivity contribution in [3.05, 3.63) is 45.5 Å². The van der Waals surface area contributed by atoms with Crippen LogP contribution in [0.4, 0.5) is 0 Å². The minimum absolute atomic E-state index is 0.362. The standard InChI is InChI=1S/C16H23NOS/c1-4-8-17-16(13-9-12(3)18-11-13)10-15-7-6-14(5-2)19-15/h6-7,9,11,16-17H,4-5,8,10H2,1-3H3. The average molecular weight is 277 g/mol. The molecule has 104 valence electrons. The Morgan fingerprint density at radius 1 is 1.26 bits per heavy atom. The van der Waals surface area contributed by atoms with E-state index >= 15 is 0 Å². The van der Waals surface area contributed by atoms with E-state index in [1.807, 2.05) is 24.5 Å². The third-order valence-electron chi connectivity index (χ3n) is 3.27. The number of hydrogen-bond donors (Lipinski definition) is 1. The van der Waals surface area contributed by atoms with E-state index in [1.165, 1.54) is 15.3 Å². The highest BCUT2D eigenvalue weighted by molar-refractivity contribution is 7.11. The summed E-state index contributed by atoms with van der Waals surface area (Å²) in [5.74, 6) is 0.985. The molecule has 0 aromatic carbocycles. The fraction of sp³-hybridized carbons (Fsp3) is 0.500. The molecule has 1 atom stereocenters. The SMILES string of the molecule is CCCNC(Cc1ccc(CC)s1)c1coc(C)c1. The Labute approximate surface area is 119 Å². The number of hydrogen-bond acceptors (Lipinski definition) is 3. The summed E-state index contributed by atoms with van der Waals surface area (Å²) in [6, 6.07) is 7.01. The molecule has 0 bridgehead atoms. The van der Waals surface area contributed by atoms with Gasteiger partial charge >= 0.3 is 0 Å². The van der Waals surface area contributed by atoms with Crippen molar-refractivity contribution in [1.29, 1.82) is 0 Å². The van der Waals surface area contributed by atoms with Crippen molar-refractivity contribution in [3.63, 3.8) is 0 Å². The second-order valence-corrected chi connectivity index (χ2v) is 6.18. The lowest BCUT2D eigenvalue weighted by molar-refractivity contribution is 0.505. The largest absolute Gasteiger partial charge is 0.469 e. The van der Waals surface area contributed by atoms with Crippen LogP contribution in [0.25, 0.3) is 0 Å². The Morgan fingerprint density at radius 3 is 2.63 bits per heavy atom. The molecule has 0 amide bonds. The van der Waals surface area contributed by atoms with Gasteiger partial charge in [-0.25, -0.2) is 0 Å². The van der Waals surface area contributed by atoms with Crippen LogP contribution in [0.15, 0.2) is 28.9 Å². The third kappa shape index (κ3) is 3.95. The van der Waals surface area contributed by atoms with Crippen LogP contribution in [0.1, 0.15) is 47.4 Å². The molecule has 0 aliphatic carbocycles. The number of furan rings is 1. The minimum Gasteiger partial charge on any atom is -0.469 e. The summed E-state index contributed by atoms with van der Waals surface area (Å²) in [4.78, 5) is 2.91. The molecule has 0 aliphatic rings. The zero-order valence-electron chi connectivity index (χ0n) is 12.0. The molecule has 1 unspecified atom stereocenters. The van der Waals surface area contributed by atoms with Gasteiger partial charge in [0.25, 0.3) is 0 Å².